The molecule has 4 bridgehead atoms. The van der Waals surface area contributed by atoms with Crippen LogP contribution in [0.2, 0.25) is 0 Å². The number of aryl methyl sites for hydroxylation is 4. The molecule has 0 aliphatic heterocycles. The first-order valence-corrected chi connectivity index (χ1v) is 7.56. The van der Waals surface area contributed by atoms with Gasteiger partial charge in [0.1, 0.15) is 0 Å². The van der Waals surface area contributed by atoms with Crippen molar-refractivity contribution in [2.24, 2.45) is 0 Å². The highest BCUT2D eigenvalue weighted by Gasteiger charge is 2.20. The average molecular weight is 256 g/mol. The first-order chi connectivity index (χ1) is 9.90. The Kier molecular flexibility index (Phi) is 1.99. The zero-order valence-electron chi connectivity index (χ0n) is 11.4. The summed E-state index contributed by atoms with van der Waals surface area (Å²) in [6.07, 6.45) is 13.8. The first kappa shape index (κ1) is 10.7. The predicted octanol–water partition coefficient (Wildman–Crippen LogP) is 4.54. The van der Waals surface area contributed by atoms with E-state index in [2.05, 4.69) is 48.6 Å². The molecule has 4 aliphatic carbocycles. The van der Waals surface area contributed by atoms with Crippen LogP contribution in [0.5, 0.6) is 0 Å². The summed E-state index contributed by atoms with van der Waals surface area (Å²) in [5.74, 6) is 0. The van der Waals surface area contributed by atoms with Gasteiger partial charge in [0.05, 0.1) is 0 Å². The van der Waals surface area contributed by atoms with Gasteiger partial charge in [-0.15, -0.1) is 0 Å². The van der Waals surface area contributed by atoms with Crippen LogP contribution in [0.25, 0.3) is 24.3 Å². The molecule has 0 atom stereocenters. The minimum Gasteiger partial charge on any atom is -0.0581 e. The van der Waals surface area contributed by atoms with Crippen LogP contribution in [0, 0.1) is 0 Å². The molecule has 2 aromatic carbocycles. The smallest absolute Gasteiger partial charge is 0.0149 e. The van der Waals surface area contributed by atoms with Crippen molar-refractivity contribution in [3.05, 3.63) is 68.8 Å². The molecule has 0 heterocycles. The maximum atomic E-state index is 2.35. The van der Waals surface area contributed by atoms with Crippen LogP contribution >= 0.6 is 0 Å². The van der Waals surface area contributed by atoms with Crippen molar-refractivity contribution in [1.29, 1.82) is 0 Å². The molecule has 4 aliphatic rings. The number of benzene rings is 2. The van der Waals surface area contributed by atoms with Crippen molar-refractivity contribution in [3.8, 4) is 0 Å². The predicted molar refractivity (Wildman–Crippen MR) is 85.6 cm³/mol. The zero-order valence-corrected chi connectivity index (χ0v) is 11.4. The molecule has 20 heavy (non-hydrogen) atoms. The van der Waals surface area contributed by atoms with Crippen LogP contribution in [0.4, 0.5) is 0 Å². The number of hydrogen-bond acceptors (Lipinski definition) is 0. The molecule has 0 nitrogen and oxygen atoms in total. The second-order valence-electron chi connectivity index (χ2n) is 6.09. The Hall–Kier alpha value is -2.08. The van der Waals surface area contributed by atoms with Crippen molar-refractivity contribution in [2.45, 2.75) is 25.7 Å². The fourth-order valence-electron chi connectivity index (χ4n) is 3.79. The Morgan fingerprint density at radius 1 is 0.400 bits per heavy atom. The molecule has 2 aromatic rings. The van der Waals surface area contributed by atoms with Crippen LogP contribution in [0.15, 0.2) is 24.3 Å². The van der Waals surface area contributed by atoms with Gasteiger partial charge >= 0.3 is 0 Å². The molecule has 96 valence electrons. The topological polar surface area (TPSA) is 0 Å². The normalized spacial score (nSPS) is 16.8. The van der Waals surface area contributed by atoms with E-state index in [1.54, 1.807) is 0 Å². The quantitative estimate of drug-likeness (QED) is 0.433. The molecule has 0 saturated heterocycles. The maximum Gasteiger partial charge on any atom is -0.0149 e. The molecule has 0 heteroatoms. The summed E-state index contributed by atoms with van der Waals surface area (Å²) in [5.41, 5.74) is 12.1. The van der Waals surface area contributed by atoms with Gasteiger partial charge in [-0.2, -0.15) is 0 Å². The number of hydrogen-bond donors (Lipinski definition) is 0. The monoisotopic (exact) mass is 256 g/mol. The number of fused-ring (bicyclic) bond motifs is 4. The zero-order chi connectivity index (χ0) is 13.1. The molecule has 0 saturated carbocycles. The van der Waals surface area contributed by atoms with E-state index in [1.807, 2.05) is 0 Å². The lowest BCUT2D eigenvalue weighted by molar-refractivity contribution is 0.908. The van der Waals surface area contributed by atoms with Crippen molar-refractivity contribution in [3.63, 3.8) is 0 Å². The van der Waals surface area contributed by atoms with Gasteiger partial charge in [-0.05, 0) is 70.2 Å². The van der Waals surface area contributed by atoms with Gasteiger partial charge in [0.2, 0.25) is 0 Å². The summed E-state index contributed by atoms with van der Waals surface area (Å²) >= 11 is 0. The van der Waals surface area contributed by atoms with E-state index in [4.69, 9.17) is 0 Å². The lowest BCUT2D eigenvalue weighted by Gasteiger charge is -2.24. The minimum absolute atomic E-state index is 1.16. The highest BCUT2D eigenvalue weighted by molar-refractivity contribution is 5.90. The Balaban J connectivity index is 1.67. The van der Waals surface area contributed by atoms with Gasteiger partial charge in [0.25, 0.3) is 0 Å². The molecule has 0 radical (unpaired) electrons. The fourth-order valence-corrected chi connectivity index (χ4v) is 3.79. The molecule has 0 amide bonds. The third-order valence-corrected chi connectivity index (χ3v) is 5.10. The van der Waals surface area contributed by atoms with Crippen LogP contribution < -0.4 is 0 Å². The lowest BCUT2D eigenvalue weighted by Crippen LogP contribution is -2.10. The van der Waals surface area contributed by atoms with E-state index in [-0.39, 0.29) is 0 Å². The average Bonchev–Trinajstić information content (AvgIpc) is 2.36. The Morgan fingerprint density at radius 3 is 0.850 bits per heavy atom. The molecule has 6 rings (SSSR count). The summed E-state index contributed by atoms with van der Waals surface area (Å²) in [4.78, 5) is 0. The molecule has 0 fully saturated rings. The molecular weight excluding hydrogens is 240 g/mol. The third-order valence-electron chi connectivity index (χ3n) is 5.10. The van der Waals surface area contributed by atoms with Gasteiger partial charge < -0.3 is 0 Å². The highest BCUT2D eigenvalue weighted by atomic mass is 14.2. The summed E-state index contributed by atoms with van der Waals surface area (Å²) in [6, 6.07) is 9.42. The summed E-state index contributed by atoms with van der Waals surface area (Å²) in [6.45, 7) is 0. The molecule has 0 aromatic heterocycles. The van der Waals surface area contributed by atoms with Crippen LogP contribution in [-0.2, 0) is 25.7 Å². The van der Waals surface area contributed by atoms with Gasteiger partial charge in [-0.3, -0.25) is 0 Å². The molecule has 0 N–H and O–H groups in total. The van der Waals surface area contributed by atoms with Crippen molar-refractivity contribution < 1.29 is 0 Å². The standard InChI is InChI=1S/C20H16/c1-2-14-7-8-16-4-3-15(19-11-12-20(16)19)6-5-13(1)17-9-10-18(14)17/h1-4,9-12H,5-8H2. The van der Waals surface area contributed by atoms with E-state index < -0.39 is 0 Å². The van der Waals surface area contributed by atoms with Gasteiger partial charge in [-0.25, -0.2) is 0 Å². The van der Waals surface area contributed by atoms with Crippen molar-refractivity contribution in [1.82, 2.24) is 0 Å². The maximum absolute atomic E-state index is 2.35. The van der Waals surface area contributed by atoms with E-state index >= 15 is 0 Å². The third kappa shape index (κ3) is 1.31. The van der Waals surface area contributed by atoms with Crippen LogP contribution in [0.3, 0.4) is 0 Å². The van der Waals surface area contributed by atoms with Crippen molar-refractivity contribution >= 4 is 24.3 Å². The highest BCUT2D eigenvalue weighted by Crippen LogP contribution is 2.36. The summed E-state index contributed by atoms with van der Waals surface area (Å²) in [7, 11) is 0. The van der Waals surface area contributed by atoms with Gasteiger partial charge in [0, 0.05) is 0 Å². The van der Waals surface area contributed by atoms with Gasteiger partial charge in [0.15, 0.2) is 0 Å². The van der Waals surface area contributed by atoms with Gasteiger partial charge in [-0.1, -0.05) is 48.6 Å². The number of rotatable bonds is 0. The summed E-state index contributed by atoms with van der Waals surface area (Å²) < 4.78 is 0. The molecular formula is C20H16. The summed E-state index contributed by atoms with van der Waals surface area (Å²) in [5, 5.41) is 0. The first-order valence-electron chi connectivity index (χ1n) is 7.56. The second kappa shape index (κ2) is 3.73. The Labute approximate surface area is 119 Å². The largest absolute Gasteiger partial charge is 0.0581 e. The molecule has 0 spiro atoms. The van der Waals surface area contributed by atoms with E-state index in [0.717, 1.165) is 25.7 Å². The minimum atomic E-state index is 1.16. The van der Waals surface area contributed by atoms with E-state index in [0.29, 0.717) is 0 Å². The lowest BCUT2D eigenvalue weighted by atomic mass is 9.80. The van der Waals surface area contributed by atoms with E-state index in [1.165, 1.54) is 44.5 Å². The SMILES string of the molecule is C1=Cc2c3ccc(c21)CCc1ccc(c2c1C=C2)CC3. The molecule has 0 unspecified atom stereocenters. The Morgan fingerprint density at radius 2 is 0.650 bits per heavy atom. The second-order valence-corrected chi connectivity index (χ2v) is 6.09. The van der Waals surface area contributed by atoms with Crippen LogP contribution in [-0.4, -0.2) is 0 Å². The van der Waals surface area contributed by atoms with Crippen molar-refractivity contribution in [2.75, 3.05) is 0 Å². The van der Waals surface area contributed by atoms with E-state index in [9.17, 15) is 0 Å². The van der Waals surface area contributed by atoms with Crippen LogP contribution in [0.1, 0.15) is 44.5 Å². The Bertz CT molecular complexity index is 668. The fraction of sp³-hybridized carbons (Fsp3) is 0.200.